The van der Waals surface area contributed by atoms with E-state index in [1.54, 1.807) is 0 Å². The number of nitrogens with one attached hydrogen (secondary N) is 2. The van der Waals surface area contributed by atoms with Gasteiger partial charge < -0.3 is 15.1 Å². The van der Waals surface area contributed by atoms with E-state index in [4.69, 9.17) is 4.42 Å². The average Bonchev–Trinajstić information content (AvgIpc) is 2.87. The molecule has 2 aromatic heterocycles. The van der Waals surface area contributed by atoms with Crippen LogP contribution >= 0.6 is 0 Å². The van der Waals surface area contributed by atoms with Gasteiger partial charge >= 0.3 is 0 Å². The van der Waals surface area contributed by atoms with Crippen LogP contribution in [0.2, 0.25) is 0 Å². The molecule has 0 spiro atoms. The Morgan fingerprint density at radius 2 is 2.12 bits per heavy atom. The third kappa shape index (κ3) is 3.14. The SMILES string of the molecule is Cc1oc2ncnc(NCc3cccc(NC(=O)C4CCC4)c3)c2c1C. The van der Waals surface area contributed by atoms with Gasteiger partial charge in [0.2, 0.25) is 11.6 Å². The van der Waals surface area contributed by atoms with Crippen molar-refractivity contribution in [3.05, 3.63) is 47.5 Å². The lowest BCUT2D eigenvalue weighted by Crippen LogP contribution is -2.28. The molecular weight excluding hydrogens is 328 g/mol. The summed E-state index contributed by atoms with van der Waals surface area (Å²) in [6.45, 7) is 4.53. The second kappa shape index (κ2) is 6.78. The first-order chi connectivity index (χ1) is 12.6. The first-order valence-electron chi connectivity index (χ1n) is 8.96. The van der Waals surface area contributed by atoms with Gasteiger partial charge in [-0.3, -0.25) is 4.79 Å². The van der Waals surface area contributed by atoms with E-state index in [2.05, 4.69) is 20.6 Å². The number of carbonyl (C=O) groups excluding carboxylic acids is 1. The van der Waals surface area contributed by atoms with Crippen LogP contribution in [0.3, 0.4) is 0 Å². The van der Waals surface area contributed by atoms with Crippen LogP contribution in [-0.4, -0.2) is 15.9 Å². The number of furan rings is 1. The van der Waals surface area contributed by atoms with Crippen LogP contribution < -0.4 is 10.6 Å². The number of hydrogen-bond donors (Lipinski definition) is 2. The molecule has 2 N–H and O–H groups in total. The minimum atomic E-state index is 0.128. The van der Waals surface area contributed by atoms with Crippen LogP contribution in [0.15, 0.2) is 35.0 Å². The Kier molecular flexibility index (Phi) is 4.32. The van der Waals surface area contributed by atoms with E-state index in [0.29, 0.717) is 12.3 Å². The molecule has 0 aliphatic heterocycles. The van der Waals surface area contributed by atoms with Crippen LogP contribution in [0.1, 0.15) is 36.1 Å². The van der Waals surface area contributed by atoms with E-state index in [0.717, 1.165) is 53.0 Å². The van der Waals surface area contributed by atoms with Gasteiger partial charge in [0.25, 0.3) is 0 Å². The van der Waals surface area contributed by atoms with Crippen molar-refractivity contribution < 1.29 is 9.21 Å². The predicted molar refractivity (Wildman–Crippen MR) is 101 cm³/mol. The van der Waals surface area contributed by atoms with Crippen LogP contribution in [0, 0.1) is 19.8 Å². The first-order valence-corrected chi connectivity index (χ1v) is 8.96. The number of fused-ring (bicyclic) bond motifs is 1. The third-order valence-corrected chi connectivity index (χ3v) is 5.10. The molecule has 1 aromatic carbocycles. The van der Waals surface area contributed by atoms with E-state index in [1.165, 1.54) is 6.33 Å². The molecule has 6 heteroatoms. The van der Waals surface area contributed by atoms with Crippen LogP contribution in [-0.2, 0) is 11.3 Å². The van der Waals surface area contributed by atoms with Gasteiger partial charge in [-0.05, 0) is 44.4 Å². The minimum absolute atomic E-state index is 0.128. The second-order valence-corrected chi connectivity index (χ2v) is 6.86. The number of aryl methyl sites for hydroxylation is 2. The van der Waals surface area contributed by atoms with Gasteiger partial charge in [0, 0.05) is 23.7 Å². The number of anilines is 2. The Bertz CT molecular complexity index is 960. The average molecular weight is 350 g/mol. The number of rotatable bonds is 5. The van der Waals surface area contributed by atoms with Crippen molar-refractivity contribution in [1.82, 2.24) is 9.97 Å². The lowest BCUT2D eigenvalue weighted by atomic mass is 9.85. The van der Waals surface area contributed by atoms with Crippen LogP contribution in [0.4, 0.5) is 11.5 Å². The fraction of sp³-hybridized carbons (Fsp3) is 0.350. The Balaban J connectivity index is 1.48. The number of hydrogen-bond acceptors (Lipinski definition) is 5. The van der Waals surface area contributed by atoms with Gasteiger partial charge in [-0.15, -0.1) is 0 Å². The molecule has 0 atom stereocenters. The van der Waals surface area contributed by atoms with Crippen molar-refractivity contribution in [2.45, 2.75) is 39.7 Å². The molecule has 26 heavy (non-hydrogen) atoms. The third-order valence-electron chi connectivity index (χ3n) is 5.10. The quantitative estimate of drug-likeness (QED) is 0.721. The van der Waals surface area contributed by atoms with Crippen molar-refractivity contribution in [1.29, 1.82) is 0 Å². The molecule has 0 radical (unpaired) electrons. The summed E-state index contributed by atoms with van der Waals surface area (Å²) in [5, 5.41) is 7.29. The highest BCUT2D eigenvalue weighted by Crippen LogP contribution is 2.29. The molecule has 1 aliphatic rings. The van der Waals surface area contributed by atoms with Crippen molar-refractivity contribution in [3.8, 4) is 0 Å². The zero-order valence-electron chi connectivity index (χ0n) is 15.0. The number of nitrogens with zero attached hydrogens (tertiary/aromatic N) is 2. The Hall–Kier alpha value is -2.89. The molecular formula is C20H22N4O2. The Morgan fingerprint density at radius 1 is 1.27 bits per heavy atom. The maximum atomic E-state index is 12.1. The van der Waals surface area contributed by atoms with E-state index in [1.807, 2.05) is 38.1 Å². The van der Waals surface area contributed by atoms with Crippen molar-refractivity contribution in [2.24, 2.45) is 5.92 Å². The van der Waals surface area contributed by atoms with E-state index in [-0.39, 0.29) is 11.8 Å². The summed E-state index contributed by atoms with van der Waals surface area (Å²) < 4.78 is 5.65. The van der Waals surface area contributed by atoms with Gasteiger partial charge in [-0.2, -0.15) is 0 Å². The van der Waals surface area contributed by atoms with Crippen molar-refractivity contribution in [3.63, 3.8) is 0 Å². The van der Waals surface area contributed by atoms with Crippen LogP contribution in [0.5, 0.6) is 0 Å². The Morgan fingerprint density at radius 3 is 2.88 bits per heavy atom. The van der Waals surface area contributed by atoms with E-state index < -0.39 is 0 Å². The standard InChI is InChI=1S/C20H22N4O2/c1-12-13(2)26-20-17(12)18(22-11-23-20)21-10-14-5-3-8-16(9-14)24-19(25)15-6-4-7-15/h3,5,8-9,11,15H,4,6-7,10H2,1-2H3,(H,24,25)(H,21,22,23). The molecule has 1 aliphatic carbocycles. The number of benzene rings is 1. The number of carbonyl (C=O) groups is 1. The topological polar surface area (TPSA) is 80.1 Å². The maximum absolute atomic E-state index is 12.1. The monoisotopic (exact) mass is 350 g/mol. The molecule has 1 amide bonds. The highest BCUT2D eigenvalue weighted by Gasteiger charge is 2.25. The normalized spacial score (nSPS) is 14.2. The summed E-state index contributed by atoms with van der Waals surface area (Å²) in [6.07, 6.45) is 4.66. The second-order valence-electron chi connectivity index (χ2n) is 6.86. The summed E-state index contributed by atoms with van der Waals surface area (Å²) in [5.74, 6) is 1.92. The molecule has 0 unspecified atom stereocenters. The molecule has 3 aromatic rings. The summed E-state index contributed by atoms with van der Waals surface area (Å²) in [7, 11) is 0. The van der Waals surface area contributed by atoms with Gasteiger partial charge in [-0.1, -0.05) is 18.6 Å². The van der Waals surface area contributed by atoms with Gasteiger partial charge in [0.05, 0.1) is 5.39 Å². The zero-order valence-corrected chi connectivity index (χ0v) is 15.0. The van der Waals surface area contributed by atoms with E-state index >= 15 is 0 Å². The lowest BCUT2D eigenvalue weighted by Gasteiger charge is -2.24. The van der Waals surface area contributed by atoms with Crippen molar-refractivity contribution >= 4 is 28.5 Å². The fourth-order valence-electron chi connectivity index (χ4n) is 3.18. The predicted octanol–water partition coefficient (Wildman–Crippen LogP) is 4.19. The zero-order chi connectivity index (χ0) is 18.1. The maximum Gasteiger partial charge on any atom is 0.231 e. The van der Waals surface area contributed by atoms with E-state index in [9.17, 15) is 4.79 Å². The van der Waals surface area contributed by atoms with Gasteiger partial charge in [0.15, 0.2) is 0 Å². The summed E-state index contributed by atoms with van der Waals surface area (Å²) in [4.78, 5) is 20.7. The number of aromatic nitrogens is 2. The first kappa shape index (κ1) is 16.6. The number of amides is 1. The Labute approximate surface area is 152 Å². The summed E-state index contributed by atoms with van der Waals surface area (Å²) in [5.41, 5.74) is 3.55. The summed E-state index contributed by atoms with van der Waals surface area (Å²) in [6, 6.07) is 7.90. The molecule has 4 rings (SSSR count). The van der Waals surface area contributed by atoms with Crippen molar-refractivity contribution in [2.75, 3.05) is 10.6 Å². The largest absolute Gasteiger partial charge is 0.443 e. The smallest absolute Gasteiger partial charge is 0.231 e. The molecule has 6 nitrogen and oxygen atoms in total. The molecule has 1 saturated carbocycles. The molecule has 2 heterocycles. The minimum Gasteiger partial charge on any atom is -0.443 e. The summed E-state index contributed by atoms with van der Waals surface area (Å²) >= 11 is 0. The molecule has 0 bridgehead atoms. The van der Waals surface area contributed by atoms with Crippen LogP contribution in [0.25, 0.3) is 11.1 Å². The van der Waals surface area contributed by atoms with Gasteiger partial charge in [0.1, 0.15) is 17.9 Å². The highest BCUT2D eigenvalue weighted by molar-refractivity contribution is 5.93. The fourth-order valence-corrected chi connectivity index (χ4v) is 3.18. The molecule has 134 valence electrons. The lowest BCUT2D eigenvalue weighted by molar-refractivity contribution is -0.122. The molecule has 0 saturated heterocycles. The van der Waals surface area contributed by atoms with Gasteiger partial charge in [-0.25, -0.2) is 9.97 Å². The molecule has 1 fully saturated rings. The highest BCUT2D eigenvalue weighted by atomic mass is 16.3.